The van der Waals surface area contributed by atoms with E-state index in [-0.39, 0.29) is 19.3 Å². The van der Waals surface area contributed by atoms with Crippen molar-refractivity contribution < 1.29 is 87.6 Å². The van der Waals surface area contributed by atoms with Crippen molar-refractivity contribution in [1.82, 2.24) is 10.6 Å². The van der Waals surface area contributed by atoms with Gasteiger partial charge in [-0.25, -0.2) is 4.57 Å². The first-order chi connectivity index (χ1) is 42.9. The molecular weight excluding hydrogens is 1160 g/mol. The van der Waals surface area contributed by atoms with Crippen LogP contribution in [0.25, 0.3) is 0 Å². The van der Waals surface area contributed by atoms with Gasteiger partial charge in [0.1, 0.15) is 36.5 Å². The molecule has 89 heavy (non-hydrogen) atoms. The monoisotopic (exact) mass is 1290 g/mol. The van der Waals surface area contributed by atoms with Crippen LogP contribution in [-0.2, 0) is 47.2 Å². The number of amides is 2. The number of ketones is 1. The van der Waals surface area contributed by atoms with Crippen molar-refractivity contribution >= 4 is 31.4 Å². The normalized spacial score (nSPS) is 23.7. The summed E-state index contributed by atoms with van der Waals surface area (Å²) in [6.07, 6.45) is 24.9. The Morgan fingerprint density at radius 3 is 1.30 bits per heavy atom. The van der Waals surface area contributed by atoms with Crippen LogP contribution in [0, 0.1) is 0 Å². The molecular formula is C68H129N2O18P. The molecule has 0 saturated carbocycles. The van der Waals surface area contributed by atoms with Gasteiger partial charge in [0.25, 0.3) is 0 Å². The quantitative estimate of drug-likeness (QED) is 0.0154. The summed E-state index contributed by atoms with van der Waals surface area (Å²) >= 11 is 0. The van der Waals surface area contributed by atoms with E-state index >= 15 is 0 Å². The molecule has 10 N–H and O–H groups in total. The molecule has 12 atom stereocenters. The molecule has 2 rings (SSSR count). The van der Waals surface area contributed by atoms with Crippen LogP contribution >= 0.6 is 7.82 Å². The molecule has 0 spiro atoms. The van der Waals surface area contributed by atoms with E-state index in [0.29, 0.717) is 44.9 Å². The highest BCUT2D eigenvalue weighted by Gasteiger charge is 2.62. The highest BCUT2D eigenvalue weighted by atomic mass is 31.2. The van der Waals surface area contributed by atoms with E-state index in [1.165, 1.54) is 109 Å². The van der Waals surface area contributed by atoms with Crippen molar-refractivity contribution in [3.8, 4) is 0 Å². The number of ether oxygens (including phenoxy) is 4. The minimum Gasteiger partial charge on any atom is -0.457 e. The van der Waals surface area contributed by atoms with Crippen LogP contribution in [0.5, 0.6) is 0 Å². The van der Waals surface area contributed by atoms with Gasteiger partial charge in [-0.3, -0.25) is 23.7 Å². The van der Waals surface area contributed by atoms with Crippen molar-refractivity contribution in [2.24, 2.45) is 0 Å². The van der Waals surface area contributed by atoms with E-state index in [1.54, 1.807) is 0 Å². The molecule has 0 aromatic heterocycles. The first-order valence-electron chi connectivity index (χ1n) is 35.9. The molecule has 0 aromatic rings. The maximum atomic E-state index is 14.6. The van der Waals surface area contributed by atoms with Gasteiger partial charge in [0.15, 0.2) is 30.1 Å². The zero-order chi connectivity index (χ0) is 65.6. The number of phosphoric ester groups is 1. The van der Waals surface area contributed by atoms with Crippen LogP contribution in [0.2, 0.25) is 0 Å². The Hall–Kier alpha value is -2.17. The number of carbonyl (C=O) groups is 4. The number of hydrogen-bond donors (Lipinski definition) is 10. The third-order valence-corrected chi connectivity index (χ3v) is 18.3. The summed E-state index contributed by atoms with van der Waals surface area (Å²) < 4.78 is 41.8. The molecule has 20 nitrogen and oxygen atoms in total. The van der Waals surface area contributed by atoms with Gasteiger partial charge in [0, 0.05) is 12.8 Å². The molecule has 0 bridgehead atoms. The number of esters is 1. The van der Waals surface area contributed by atoms with Crippen LogP contribution in [0.15, 0.2) is 0 Å². The van der Waals surface area contributed by atoms with Gasteiger partial charge in [-0.15, -0.1) is 0 Å². The number of rotatable bonds is 58. The number of carbonyl (C=O) groups excluding carboxylic acids is 4. The van der Waals surface area contributed by atoms with Crippen LogP contribution in [0.3, 0.4) is 0 Å². The number of aliphatic hydroxyl groups is 6. The minimum atomic E-state index is -5.55. The van der Waals surface area contributed by atoms with E-state index in [9.17, 15) is 64.2 Å². The molecule has 524 valence electrons. The molecule has 2 aliphatic rings. The highest BCUT2D eigenvalue weighted by molar-refractivity contribution is 7.46. The predicted octanol–water partition coefficient (Wildman–Crippen LogP) is 12.2. The Labute approximate surface area is 536 Å². The Balaban J connectivity index is 2.42. The first-order valence-corrected chi connectivity index (χ1v) is 37.4. The zero-order valence-electron chi connectivity index (χ0n) is 55.9. The van der Waals surface area contributed by atoms with E-state index in [2.05, 4.69) is 38.3 Å². The standard InChI is InChI=1S/C68H129N2O18P/c1-5-9-13-17-21-25-27-31-35-39-43-47-57(74)68(80)64(70-58(75)48-44-40-36-32-28-26-22-18-14-10-6-2)67(88-89(81,82)83)86-56(65(68)79)52-84-66-61(69-59(76)49-53(72)45-41-37-33-29-23-19-15-11-7-3)63(62(78)55(51-71)85-66)87-60(77)50-54(73)46-42-38-34-30-24-20-16-12-8-4/h53-56,61-67,71-73,78-80H,5-52H2,1-4H3,(H,69,76)(H,70,75)(H2,81,82,83)/t53-,54-,55-,56-,61-,62-,63-,64+,65-,66-,67-,68-/m1/s1. The maximum absolute atomic E-state index is 14.6. The highest BCUT2D eigenvalue weighted by Crippen LogP contribution is 2.44. The van der Waals surface area contributed by atoms with Gasteiger partial charge < -0.3 is 70.0 Å². The zero-order valence-corrected chi connectivity index (χ0v) is 56.8. The Kier molecular flexibility index (Phi) is 47.7. The van der Waals surface area contributed by atoms with Gasteiger partial charge in [0.2, 0.25) is 11.8 Å². The van der Waals surface area contributed by atoms with Gasteiger partial charge in [-0.1, -0.05) is 272 Å². The second-order valence-corrected chi connectivity index (χ2v) is 27.2. The number of hydrogen-bond acceptors (Lipinski definition) is 16. The molecule has 2 amide bonds. The fourth-order valence-electron chi connectivity index (χ4n) is 12.3. The van der Waals surface area contributed by atoms with Crippen molar-refractivity contribution in [2.75, 3.05) is 13.2 Å². The SMILES string of the molecule is CCCCCCCCCCCCCC(=O)N[C@H]1[C@@H](OP(=O)(O)O)O[C@H](CO[C@@H]2O[C@H](CO)[C@@H](O)[C@H](OC(=O)C[C@H](O)CCCCCCCCCCC)[C@H]2NC(=O)C[C@H](O)CCCCCCCCCCC)[C@@H](O)[C@@]1(O)C(=O)CCCCCCCCCCCCC. The van der Waals surface area contributed by atoms with Crippen molar-refractivity contribution in [3.05, 3.63) is 0 Å². The van der Waals surface area contributed by atoms with Crippen molar-refractivity contribution in [2.45, 2.75) is 396 Å². The lowest BCUT2D eigenvalue weighted by atomic mass is 9.77. The molecule has 2 fully saturated rings. The molecule has 0 unspecified atom stereocenters. The smallest absolute Gasteiger partial charge is 0.457 e. The lowest BCUT2D eigenvalue weighted by Gasteiger charge is -2.49. The molecule has 2 aliphatic heterocycles. The van der Waals surface area contributed by atoms with Crippen LogP contribution in [0.4, 0.5) is 0 Å². The van der Waals surface area contributed by atoms with Gasteiger partial charge in [-0.05, 0) is 25.7 Å². The average Bonchev–Trinajstić information content (AvgIpc) is 0.836. The minimum absolute atomic E-state index is 0.0774. The number of phosphoric acid groups is 1. The molecule has 0 aromatic carbocycles. The van der Waals surface area contributed by atoms with Crippen molar-refractivity contribution in [1.29, 1.82) is 0 Å². The molecule has 0 aliphatic carbocycles. The molecule has 21 heteroatoms. The number of nitrogens with one attached hydrogen (secondary N) is 2. The Morgan fingerprint density at radius 2 is 0.888 bits per heavy atom. The topological polar surface area (TPSA) is 317 Å². The van der Waals surface area contributed by atoms with E-state index < -0.39 is 130 Å². The summed E-state index contributed by atoms with van der Waals surface area (Å²) in [5.41, 5.74) is -2.99. The Morgan fingerprint density at radius 1 is 0.506 bits per heavy atom. The summed E-state index contributed by atoms with van der Waals surface area (Å²) in [5.74, 6) is -3.34. The molecule has 2 heterocycles. The molecule has 0 radical (unpaired) electrons. The molecule has 2 saturated heterocycles. The number of Topliss-reactive ketones (excluding diaryl/α,β-unsaturated/α-hetero) is 1. The summed E-state index contributed by atoms with van der Waals surface area (Å²) in [5, 5.41) is 74.4. The number of aliphatic hydroxyl groups excluding tert-OH is 5. The van der Waals surface area contributed by atoms with Gasteiger partial charge >= 0.3 is 13.8 Å². The summed E-state index contributed by atoms with van der Waals surface area (Å²) in [4.78, 5) is 76.4. The third kappa shape index (κ3) is 36.9. The maximum Gasteiger partial charge on any atom is 0.472 e. The summed E-state index contributed by atoms with van der Waals surface area (Å²) in [7, 11) is -5.55. The third-order valence-electron chi connectivity index (χ3n) is 17.9. The largest absolute Gasteiger partial charge is 0.472 e. The van der Waals surface area contributed by atoms with Gasteiger partial charge in [-0.2, -0.15) is 0 Å². The number of unbranched alkanes of at least 4 members (excludes halogenated alkanes) is 36. The fourth-order valence-corrected chi connectivity index (χ4v) is 12.8. The lowest BCUT2D eigenvalue weighted by Crippen LogP contribution is -2.75. The fraction of sp³-hybridized carbons (Fsp3) is 0.941. The first kappa shape index (κ1) is 82.9. The summed E-state index contributed by atoms with van der Waals surface area (Å²) in [6.45, 7) is 6.97. The van der Waals surface area contributed by atoms with Gasteiger partial charge in [0.05, 0.1) is 38.3 Å². The lowest BCUT2D eigenvalue weighted by molar-refractivity contribution is -0.306. The van der Waals surface area contributed by atoms with Crippen LogP contribution in [0.1, 0.15) is 323 Å². The van der Waals surface area contributed by atoms with Crippen molar-refractivity contribution in [3.63, 3.8) is 0 Å². The van der Waals surface area contributed by atoms with E-state index in [1.807, 2.05) is 0 Å². The Bertz CT molecular complexity index is 1850. The van der Waals surface area contributed by atoms with E-state index in [0.717, 1.165) is 109 Å². The second-order valence-electron chi connectivity index (χ2n) is 26.0. The predicted molar refractivity (Wildman–Crippen MR) is 346 cm³/mol. The average molecular weight is 1290 g/mol. The van der Waals surface area contributed by atoms with Crippen LogP contribution in [-0.4, -0.2) is 150 Å². The van der Waals surface area contributed by atoms with E-state index in [4.69, 9.17) is 23.5 Å². The van der Waals surface area contributed by atoms with Crippen LogP contribution < -0.4 is 10.6 Å². The second kappa shape index (κ2) is 51.2. The summed E-state index contributed by atoms with van der Waals surface area (Å²) in [6, 6.07) is -3.64.